The highest BCUT2D eigenvalue weighted by Crippen LogP contribution is 2.40. The van der Waals surface area contributed by atoms with Crippen LogP contribution in [-0.4, -0.2) is 21.2 Å². The largest absolute Gasteiger partial charge is 0.328 e. The molecule has 0 spiro atoms. The van der Waals surface area contributed by atoms with Crippen LogP contribution in [0.4, 0.5) is 5.69 Å². The third-order valence-corrected chi connectivity index (χ3v) is 6.80. The quantitative estimate of drug-likeness (QED) is 0.871. The smallest absolute Gasteiger partial charge is 0.227 e. The van der Waals surface area contributed by atoms with E-state index in [1.807, 2.05) is 12.1 Å². The van der Waals surface area contributed by atoms with Gasteiger partial charge in [0, 0.05) is 36.4 Å². The molecule has 5 nitrogen and oxygen atoms in total. The lowest BCUT2D eigenvalue weighted by Crippen LogP contribution is -2.40. The molecule has 0 radical (unpaired) electrons. The van der Waals surface area contributed by atoms with Gasteiger partial charge in [0.15, 0.2) is 0 Å². The fraction of sp³-hybridized carbons (Fsp3) is 0.591. The maximum Gasteiger partial charge on any atom is 0.227 e. The molecule has 1 aromatic carbocycles. The molecule has 142 valence electrons. The number of rotatable bonds is 2. The summed E-state index contributed by atoms with van der Waals surface area (Å²) in [5.41, 5.74) is 2.96. The van der Waals surface area contributed by atoms with E-state index in [0.717, 1.165) is 56.3 Å². The average Bonchev–Trinajstić information content (AvgIpc) is 2.81. The number of anilines is 1. The highest BCUT2D eigenvalue weighted by molar-refractivity contribution is 5.96. The molecule has 1 aromatic heterocycles. The van der Waals surface area contributed by atoms with E-state index in [1.54, 1.807) is 0 Å². The molecule has 2 saturated carbocycles. The monoisotopic (exact) mass is 365 g/mol. The van der Waals surface area contributed by atoms with Gasteiger partial charge in [-0.3, -0.25) is 9.59 Å². The first-order valence-electron chi connectivity index (χ1n) is 10.5. The normalized spacial score (nSPS) is 27.9. The number of hydrogen-bond donors (Lipinski definition) is 1. The minimum atomic E-state index is -0.0348. The Morgan fingerprint density at radius 1 is 1.07 bits per heavy atom. The van der Waals surface area contributed by atoms with Crippen molar-refractivity contribution in [3.05, 3.63) is 24.0 Å². The van der Waals surface area contributed by atoms with Crippen LogP contribution < -0.4 is 5.32 Å². The Morgan fingerprint density at radius 3 is 2.70 bits per heavy atom. The number of aryl methyl sites for hydroxylation is 2. The van der Waals surface area contributed by atoms with E-state index in [4.69, 9.17) is 4.98 Å². The fourth-order valence-corrected chi connectivity index (χ4v) is 5.37. The van der Waals surface area contributed by atoms with Crippen molar-refractivity contribution in [1.82, 2.24) is 9.55 Å². The number of hydrogen-bond acceptors (Lipinski definition) is 3. The Bertz CT molecular complexity index is 884. The molecule has 0 saturated heterocycles. The number of Topliss-reactive ketones (excluding diaryl/α,β-unsaturated/α-hetero) is 1. The molecule has 27 heavy (non-hydrogen) atoms. The van der Waals surface area contributed by atoms with Gasteiger partial charge in [-0.25, -0.2) is 4.98 Å². The summed E-state index contributed by atoms with van der Waals surface area (Å²) in [5.74, 6) is 1.84. The van der Waals surface area contributed by atoms with Crippen LogP contribution >= 0.6 is 0 Å². The molecule has 5 rings (SSSR count). The maximum atomic E-state index is 12.8. The number of imidazole rings is 1. The first-order valence-corrected chi connectivity index (χ1v) is 10.5. The Kier molecular flexibility index (Phi) is 4.25. The second kappa shape index (κ2) is 6.77. The lowest BCUT2D eigenvalue weighted by Gasteiger charge is -2.36. The van der Waals surface area contributed by atoms with E-state index in [9.17, 15) is 9.59 Å². The van der Waals surface area contributed by atoms with Gasteiger partial charge in [-0.2, -0.15) is 0 Å². The summed E-state index contributed by atoms with van der Waals surface area (Å²) >= 11 is 0. The minimum absolute atomic E-state index is 0.0348. The lowest BCUT2D eigenvalue weighted by molar-refractivity contribution is -0.136. The zero-order valence-electron chi connectivity index (χ0n) is 15.7. The zero-order chi connectivity index (χ0) is 18.4. The van der Waals surface area contributed by atoms with Crippen LogP contribution in [-0.2, 0) is 22.6 Å². The summed E-state index contributed by atoms with van der Waals surface area (Å²) in [6.45, 7) is 1.04. The Labute approximate surface area is 159 Å². The van der Waals surface area contributed by atoms with E-state index < -0.39 is 0 Å². The minimum Gasteiger partial charge on any atom is -0.328 e. The predicted octanol–water partition coefficient (Wildman–Crippen LogP) is 4.10. The third-order valence-electron chi connectivity index (χ3n) is 6.80. The summed E-state index contributed by atoms with van der Waals surface area (Å²) in [6, 6.07) is 6.09. The number of fused-ring (bicyclic) bond motifs is 5. The number of amides is 1. The number of ketones is 1. The van der Waals surface area contributed by atoms with Gasteiger partial charge in [-0.15, -0.1) is 0 Å². The zero-order valence-corrected chi connectivity index (χ0v) is 15.7. The van der Waals surface area contributed by atoms with Crippen LogP contribution in [0.25, 0.3) is 11.0 Å². The van der Waals surface area contributed by atoms with Gasteiger partial charge in [0.1, 0.15) is 11.6 Å². The maximum absolute atomic E-state index is 12.8. The highest BCUT2D eigenvalue weighted by atomic mass is 16.2. The van der Waals surface area contributed by atoms with Crippen LogP contribution in [0.15, 0.2) is 18.2 Å². The van der Waals surface area contributed by atoms with Gasteiger partial charge in [-0.1, -0.05) is 12.8 Å². The fourth-order valence-electron chi connectivity index (χ4n) is 5.37. The third kappa shape index (κ3) is 3.07. The van der Waals surface area contributed by atoms with E-state index >= 15 is 0 Å². The van der Waals surface area contributed by atoms with E-state index in [2.05, 4.69) is 16.0 Å². The van der Waals surface area contributed by atoms with E-state index in [0.29, 0.717) is 5.78 Å². The Morgan fingerprint density at radius 2 is 1.89 bits per heavy atom. The van der Waals surface area contributed by atoms with Crippen molar-refractivity contribution >= 4 is 28.4 Å². The van der Waals surface area contributed by atoms with Gasteiger partial charge in [0.05, 0.1) is 11.0 Å². The molecule has 1 N–H and O–H groups in total. The second-order valence-electron chi connectivity index (χ2n) is 8.58. The van der Waals surface area contributed by atoms with Gasteiger partial charge in [0.25, 0.3) is 0 Å². The summed E-state index contributed by atoms with van der Waals surface area (Å²) < 4.78 is 2.34. The van der Waals surface area contributed by atoms with Crippen molar-refractivity contribution in [2.45, 2.75) is 64.3 Å². The van der Waals surface area contributed by atoms with Crippen molar-refractivity contribution < 1.29 is 9.59 Å². The van der Waals surface area contributed by atoms with Crippen molar-refractivity contribution in [2.24, 2.45) is 17.8 Å². The molecule has 1 amide bonds. The van der Waals surface area contributed by atoms with Gasteiger partial charge < -0.3 is 9.88 Å². The molecule has 2 fully saturated rings. The van der Waals surface area contributed by atoms with Crippen LogP contribution in [0, 0.1) is 17.8 Å². The molecule has 1 aliphatic heterocycles. The van der Waals surface area contributed by atoms with E-state index in [1.165, 1.54) is 30.6 Å². The first kappa shape index (κ1) is 17.0. The number of benzene rings is 1. The Balaban J connectivity index is 1.34. The van der Waals surface area contributed by atoms with Crippen molar-refractivity contribution in [1.29, 1.82) is 0 Å². The lowest BCUT2D eigenvalue weighted by atomic mass is 9.67. The number of aromatic nitrogens is 2. The number of carbonyl (C=O) groups excluding carboxylic acids is 2. The summed E-state index contributed by atoms with van der Waals surface area (Å²) in [6.07, 6.45) is 9.23. The first-order chi connectivity index (χ1) is 13.2. The topological polar surface area (TPSA) is 64.0 Å². The second-order valence-corrected chi connectivity index (χ2v) is 8.58. The van der Waals surface area contributed by atoms with Crippen LogP contribution in [0.3, 0.4) is 0 Å². The molecule has 2 atom stereocenters. The average molecular weight is 365 g/mol. The molecule has 5 heteroatoms. The summed E-state index contributed by atoms with van der Waals surface area (Å²) in [4.78, 5) is 29.9. The highest BCUT2D eigenvalue weighted by Gasteiger charge is 2.41. The number of carbonyl (C=O) groups is 2. The molecule has 2 bridgehead atoms. The number of nitrogens with one attached hydrogen (secondary N) is 1. The van der Waals surface area contributed by atoms with E-state index in [-0.39, 0.29) is 23.7 Å². The van der Waals surface area contributed by atoms with Crippen LogP contribution in [0.1, 0.15) is 57.2 Å². The van der Waals surface area contributed by atoms with Crippen LogP contribution in [0.5, 0.6) is 0 Å². The summed E-state index contributed by atoms with van der Waals surface area (Å²) in [5, 5.41) is 3.10. The van der Waals surface area contributed by atoms with Crippen molar-refractivity contribution in [3.63, 3.8) is 0 Å². The van der Waals surface area contributed by atoms with Crippen molar-refractivity contribution in [3.8, 4) is 0 Å². The summed E-state index contributed by atoms with van der Waals surface area (Å²) in [7, 11) is 0. The van der Waals surface area contributed by atoms with Crippen molar-refractivity contribution in [2.75, 3.05) is 5.32 Å². The SMILES string of the molecule is O=C(Nc1ccc2c(c1)nc1n2CCCCC1)C1CC2CCCC(C1)C2=O. The number of nitrogens with zero attached hydrogens (tertiary/aromatic N) is 2. The standard InChI is InChI=1S/C22H27N3O2/c26-21-14-5-4-6-15(21)12-16(11-14)22(27)23-17-8-9-19-18(13-17)24-20-7-2-1-3-10-25(19)20/h8-9,13-16H,1-7,10-12H2,(H,23,27). The molecular formula is C22H27N3O2. The van der Waals surface area contributed by atoms with Gasteiger partial charge in [0.2, 0.25) is 5.91 Å². The predicted molar refractivity (Wildman–Crippen MR) is 104 cm³/mol. The molecule has 3 aliphatic rings. The van der Waals surface area contributed by atoms with Gasteiger partial charge >= 0.3 is 0 Å². The Hall–Kier alpha value is -2.17. The van der Waals surface area contributed by atoms with Crippen LogP contribution in [0.2, 0.25) is 0 Å². The van der Waals surface area contributed by atoms with Gasteiger partial charge in [-0.05, 0) is 56.7 Å². The molecule has 2 heterocycles. The molecule has 2 aromatic rings. The molecule has 2 aliphatic carbocycles. The molecule has 2 unspecified atom stereocenters. The molecular weight excluding hydrogens is 338 g/mol.